The Kier molecular flexibility index (Phi) is 3.28. The molecular formula is C12H8BrNO3. The third kappa shape index (κ3) is 2.39. The van der Waals surface area contributed by atoms with E-state index in [0.29, 0.717) is 0 Å². The molecule has 0 saturated heterocycles. The second-order valence-corrected chi connectivity index (χ2v) is 4.53. The molecule has 0 saturated carbocycles. The highest BCUT2D eigenvalue weighted by molar-refractivity contribution is 9.10. The lowest BCUT2D eigenvalue weighted by Gasteiger charge is -2.15. The molecule has 1 atom stereocenters. The van der Waals surface area contributed by atoms with E-state index in [-0.39, 0.29) is 29.3 Å². The minimum Gasteiger partial charge on any atom is -0.298 e. The van der Waals surface area contributed by atoms with E-state index >= 15 is 0 Å². The Morgan fingerprint density at radius 1 is 1.35 bits per heavy atom. The Labute approximate surface area is 106 Å². The van der Waals surface area contributed by atoms with Crippen molar-refractivity contribution in [2.24, 2.45) is 0 Å². The molecule has 0 N–H and O–H groups in total. The number of nitrogens with zero attached hydrogens (tertiary/aromatic N) is 1. The Hall–Kier alpha value is -1.62. The van der Waals surface area contributed by atoms with Crippen LogP contribution in [0.2, 0.25) is 0 Å². The molecule has 0 aliphatic heterocycles. The van der Waals surface area contributed by atoms with Crippen molar-refractivity contribution in [1.82, 2.24) is 4.98 Å². The second-order valence-electron chi connectivity index (χ2n) is 3.62. The van der Waals surface area contributed by atoms with Gasteiger partial charge in [0.05, 0.1) is 6.42 Å². The summed E-state index contributed by atoms with van der Waals surface area (Å²) >= 11 is 3.13. The first kappa shape index (κ1) is 11.9. The van der Waals surface area contributed by atoms with Gasteiger partial charge in [0.2, 0.25) is 5.78 Å². The highest BCUT2D eigenvalue weighted by Gasteiger charge is 2.31. The van der Waals surface area contributed by atoms with Crippen LogP contribution >= 0.6 is 15.9 Å². The van der Waals surface area contributed by atoms with Crippen LogP contribution in [0.1, 0.15) is 16.9 Å². The first-order valence-electron chi connectivity index (χ1n) is 4.96. The number of pyridine rings is 1. The average Bonchev–Trinajstić information content (AvgIpc) is 2.34. The van der Waals surface area contributed by atoms with E-state index < -0.39 is 10.6 Å². The summed E-state index contributed by atoms with van der Waals surface area (Å²) in [6.07, 6.45) is 2.55. The average molecular weight is 294 g/mol. The SMILES string of the molecule is O=C1C=C(C(=O)c2ccccn2)C(Br)C(=O)C1. The number of aromatic nitrogens is 1. The number of ketones is 3. The lowest BCUT2D eigenvalue weighted by molar-refractivity contribution is -0.124. The Balaban J connectivity index is 2.37. The summed E-state index contributed by atoms with van der Waals surface area (Å²) in [4.78, 5) is 38.0. The van der Waals surface area contributed by atoms with Gasteiger partial charge in [-0.3, -0.25) is 19.4 Å². The molecule has 1 aromatic rings. The maximum atomic E-state index is 12.0. The summed E-state index contributed by atoms with van der Waals surface area (Å²) in [6.45, 7) is 0. The molecule has 1 aliphatic rings. The van der Waals surface area contributed by atoms with Crippen LogP contribution in [0.25, 0.3) is 0 Å². The van der Waals surface area contributed by atoms with Crippen molar-refractivity contribution in [3.63, 3.8) is 0 Å². The fraction of sp³-hybridized carbons (Fsp3) is 0.167. The van der Waals surface area contributed by atoms with Crippen molar-refractivity contribution >= 4 is 33.3 Å². The van der Waals surface area contributed by atoms with Crippen LogP contribution < -0.4 is 0 Å². The van der Waals surface area contributed by atoms with Gasteiger partial charge in [0.15, 0.2) is 11.6 Å². The molecule has 0 amide bonds. The Morgan fingerprint density at radius 2 is 2.12 bits per heavy atom. The molecule has 1 aromatic heterocycles. The first-order chi connectivity index (χ1) is 8.09. The van der Waals surface area contributed by atoms with Crippen LogP contribution in [-0.4, -0.2) is 27.2 Å². The molecule has 4 nitrogen and oxygen atoms in total. The van der Waals surface area contributed by atoms with Crippen LogP contribution in [-0.2, 0) is 9.59 Å². The lowest BCUT2D eigenvalue weighted by atomic mass is 9.93. The number of rotatable bonds is 2. The number of allylic oxidation sites excluding steroid dienone is 2. The van der Waals surface area contributed by atoms with E-state index in [4.69, 9.17) is 0 Å². The zero-order chi connectivity index (χ0) is 12.4. The predicted molar refractivity (Wildman–Crippen MR) is 64.0 cm³/mol. The van der Waals surface area contributed by atoms with Gasteiger partial charge in [-0.25, -0.2) is 0 Å². The van der Waals surface area contributed by atoms with Gasteiger partial charge in [-0.1, -0.05) is 22.0 Å². The zero-order valence-corrected chi connectivity index (χ0v) is 10.3. The van der Waals surface area contributed by atoms with Gasteiger partial charge in [0.1, 0.15) is 10.5 Å². The van der Waals surface area contributed by atoms with Crippen molar-refractivity contribution in [1.29, 1.82) is 0 Å². The molecule has 0 fully saturated rings. The van der Waals surface area contributed by atoms with Gasteiger partial charge in [-0.05, 0) is 18.2 Å². The van der Waals surface area contributed by atoms with Crippen LogP contribution in [0.15, 0.2) is 36.0 Å². The lowest BCUT2D eigenvalue weighted by Crippen LogP contribution is -2.29. The van der Waals surface area contributed by atoms with Crippen LogP contribution in [0, 0.1) is 0 Å². The number of halogens is 1. The molecular weight excluding hydrogens is 286 g/mol. The molecule has 86 valence electrons. The topological polar surface area (TPSA) is 64.1 Å². The van der Waals surface area contributed by atoms with Crippen molar-refractivity contribution in [2.45, 2.75) is 11.2 Å². The summed E-state index contributed by atoms with van der Waals surface area (Å²) in [5.41, 5.74) is 0.385. The molecule has 0 spiro atoms. The fourth-order valence-corrected chi connectivity index (χ4v) is 2.06. The van der Waals surface area contributed by atoms with Crippen LogP contribution in [0.4, 0.5) is 0 Å². The third-order valence-electron chi connectivity index (χ3n) is 2.38. The van der Waals surface area contributed by atoms with Crippen LogP contribution in [0.5, 0.6) is 0 Å². The number of carbonyl (C=O) groups is 3. The van der Waals surface area contributed by atoms with Crippen molar-refractivity contribution < 1.29 is 14.4 Å². The summed E-state index contributed by atoms with van der Waals surface area (Å²) in [7, 11) is 0. The summed E-state index contributed by atoms with van der Waals surface area (Å²) < 4.78 is 0. The molecule has 0 bridgehead atoms. The standard InChI is InChI=1S/C12H8BrNO3/c13-11-8(5-7(15)6-10(11)16)12(17)9-3-1-2-4-14-9/h1-5,11H,6H2. The van der Waals surface area contributed by atoms with Gasteiger partial charge in [0.25, 0.3) is 0 Å². The number of hydrogen-bond donors (Lipinski definition) is 0. The number of hydrogen-bond acceptors (Lipinski definition) is 4. The highest BCUT2D eigenvalue weighted by Crippen LogP contribution is 2.23. The number of alkyl halides is 1. The van der Waals surface area contributed by atoms with E-state index in [1.165, 1.54) is 12.3 Å². The number of carbonyl (C=O) groups excluding carboxylic acids is 3. The molecule has 1 aliphatic carbocycles. The maximum Gasteiger partial charge on any atom is 0.209 e. The third-order valence-corrected chi connectivity index (χ3v) is 3.38. The predicted octanol–water partition coefficient (Wildman–Crippen LogP) is 1.50. The molecule has 17 heavy (non-hydrogen) atoms. The minimum absolute atomic E-state index is 0.157. The van der Waals surface area contributed by atoms with E-state index in [2.05, 4.69) is 20.9 Å². The van der Waals surface area contributed by atoms with E-state index in [0.717, 1.165) is 0 Å². The summed E-state index contributed by atoms with van der Waals surface area (Å²) in [5.74, 6) is -1.03. The van der Waals surface area contributed by atoms with Gasteiger partial charge in [-0.15, -0.1) is 0 Å². The minimum atomic E-state index is -0.713. The number of Topliss-reactive ketones (excluding diaryl/α,β-unsaturated/α-hetero) is 2. The smallest absolute Gasteiger partial charge is 0.209 e. The quantitative estimate of drug-likeness (QED) is 0.471. The second kappa shape index (κ2) is 4.71. The molecule has 1 unspecified atom stereocenters. The molecule has 1 heterocycles. The normalized spacial score (nSPS) is 20.1. The molecule has 2 rings (SSSR count). The summed E-state index contributed by atoms with van der Waals surface area (Å²) in [6, 6.07) is 4.91. The largest absolute Gasteiger partial charge is 0.298 e. The van der Waals surface area contributed by atoms with Crippen molar-refractivity contribution in [2.75, 3.05) is 0 Å². The van der Waals surface area contributed by atoms with E-state index in [1.807, 2.05) is 0 Å². The molecule has 0 aromatic carbocycles. The van der Waals surface area contributed by atoms with Gasteiger partial charge < -0.3 is 0 Å². The van der Waals surface area contributed by atoms with Crippen LogP contribution in [0.3, 0.4) is 0 Å². The molecule has 5 heteroatoms. The van der Waals surface area contributed by atoms with Gasteiger partial charge >= 0.3 is 0 Å². The zero-order valence-electron chi connectivity index (χ0n) is 8.72. The maximum absolute atomic E-state index is 12.0. The van der Waals surface area contributed by atoms with Gasteiger partial charge in [0, 0.05) is 11.8 Å². The fourth-order valence-electron chi connectivity index (χ4n) is 1.56. The monoisotopic (exact) mass is 293 g/mol. The Bertz CT molecular complexity index is 522. The molecule has 0 radical (unpaired) electrons. The highest BCUT2D eigenvalue weighted by atomic mass is 79.9. The Morgan fingerprint density at radius 3 is 2.76 bits per heavy atom. The van der Waals surface area contributed by atoms with Crippen molar-refractivity contribution in [3.05, 3.63) is 41.7 Å². The summed E-state index contributed by atoms with van der Waals surface area (Å²) in [5, 5.41) is 0. The van der Waals surface area contributed by atoms with Gasteiger partial charge in [-0.2, -0.15) is 0 Å². The van der Waals surface area contributed by atoms with E-state index in [9.17, 15) is 14.4 Å². The van der Waals surface area contributed by atoms with E-state index in [1.54, 1.807) is 18.2 Å². The first-order valence-corrected chi connectivity index (χ1v) is 5.88. The van der Waals surface area contributed by atoms with Crippen molar-refractivity contribution in [3.8, 4) is 0 Å².